The first-order valence-electron chi connectivity index (χ1n) is 6.45. The van der Waals surface area contributed by atoms with E-state index in [0.717, 1.165) is 0 Å². The lowest BCUT2D eigenvalue weighted by molar-refractivity contribution is -0.143. The summed E-state index contributed by atoms with van der Waals surface area (Å²) >= 11 is 0. The van der Waals surface area contributed by atoms with Gasteiger partial charge >= 0.3 is 5.97 Å². The van der Waals surface area contributed by atoms with Crippen molar-refractivity contribution in [3.05, 3.63) is 23.8 Å². The van der Waals surface area contributed by atoms with Crippen molar-refractivity contribution in [1.29, 1.82) is 0 Å². The minimum Gasteiger partial charge on any atom is -0.508 e. The fourth-order valence-electron chi connectivity index (χ4n) is 1.79. The first kappa shape index (κ1) is 15.3. The Bertz CT molecular complexity index is 420. The van der Waals surface area contributed by atoms with Gasteiger partial charge in [0.15, 0.2) is 0 Å². The Morgan fingerprint density at radius 2 is 2.16 bits per heavy atom. The van der Waals surface area contributed by atoms with Crippen LogP contribution < -0.4 is 5.32 Å². The summed E-state index contributed by atoms with van der Waals surface area (Å²) in [6.45, 7) is 4.76. The van der Waals surface area contributed by atoms with Gasteiger partial charge in [0.1, 0.15) is 11.5 Å². The molecule has 5 nitrogen and oxygen atoms in total. The monoisotopic (exact) mass is 267 g/mol. The number of carbonyl (C=O) groups is 1. The van der Waals surface area contributed by atoms with Crippen molar-refractivity contribution in [2.45, 2.75) is 32.7 Å². The summed E-state index contributed by atoms with van der Waals surface area (Å²) in [6, 6.07) is 4.47. The van der Waals surface area contributed by atoms with Crippen LogP contribution in [0.3, 0.4) is 0 Å². The Labute approximate surface area is 113 Å². The predicted octanol–water partition coefficient (Wildman–Crippen LogP) is 2.09. The highest BCUT2D eigenvalue weighted by atomic mass is 16.5. The number of benzene rings is 1. The van der Waals surface area contributed by atoms with E-state index in [4.69, 9.17) is 4.74 Å². The van der Waals surface area contributed by atoms with Crippen LogP contribution in [0.1, 0.15) is 38.3 Å². The third-order valence-corrected chi connectivity index (χ3v) is 2.79. The van der Waals surface area contributed by atoms with Crippen LogP contribution in [0.2, 0.25) is 0 Å². The van der Waals surface area contributed by atoms with Crippen molar-refractivity contribution in [1.82, 2.24) is 5.32 Å². The second-order valence-electron chi connectivity index (χ2n) is 4.33. The topological polar surface area (TPSA) is 78.8 Å². The molecule has 0 heterocycles. The van der Waals surface area contributed by atoms with Gasteiger partial charge in [-0.3, -0.25) is 4.79 Å². The van der Waals surface area contributed by atoms with Crippen molar-refractivity contribution < 1.29 is 19.7 Å². The third-order valence-electron chi connectivity index (χ3n) is 2.79. The number of ether oxygens (including phenoxy) is 1. The zero-order valence-corrected chi connectivity index (χ0v) is 11.3. The van der Waals surface area contributed by atoms with E-state index >= 15 is 0 Å². The summed E-state index contributed by atoms with van der Waals surface area (Å²) < 4.78 is 4.83. The number of esters is 1. The van der Waals surface area contributed by atoms with Gasteiger partial charge in [0.05, 0.1) is 6.61 Å². The molecule has 0 aliphatic rings. The Hall–Kier alpha value is -1.75. The molecule has 1 aromatic rings. The van der Waals surface area contributed by atoms with E-state index in [1.54, 1.807) is 13.0 Å². The van der Waals surface area contributed by atoms with Crippen molar-refractivity contribution in [3.63, 3.8) is 0 Å². The van der Waals surface area contributed by atoms with E-state index in [0.29, 0.717) is 31.6 Å². The molecule has 19 heavy (non-hydrogen) atoms. The highest BCUT2D eigenvalue weighted by Crippen LogP contribution is 2.27. The van der Waals surface area contributed by atoms with Gasteiger partial charge in [-0.05, 0) is 32.9 Å². The molecule has 0 aromatic heterocycles. The van der Waals surface area contributed by atoms with Crippen LogP contribution in [0.15, 0.2) is 18.2 Å². The van der Waals surface area contributed by atoms with E-state index in [-0.39, 0.29) is 23.5 Å². The fourth-order valence-corrected chi connectivity index (χ4v) is 1.79. The number of carbonyl (C=O) groups excluding carboxylic acids is 1. The smallest absolute Gasteiger partial charge is 0.305 e. The van der Waals surface area contributed by atoms with Crippen molar-refractivity contribution in [3.8, 4) is 11.5 Å². The molecule has 1 aromatic carbocycles. The van der Waals surface area contributed by atoms with E-state index in [1.165, 1.54) is 12.1 Å². The summed E-state index contributed by atoms with van der Waals surface area (Å²) in [5, 5.41) is 22.1. The number of aromatic hydroxyl groups is 2. The number of phenolic OH excluding ortho intramolecular Hbond substituents is 2. The molecular formula is C14H21NO4. The van der Waals surface area contributed by atoms with Crippen LogP contribution in [0.5, 0.6) is 11.5 Å². The molecule has 1 unspecified atom stereocenters. The Balaban J connectivity index is 2.35. The number of nitrogens with one attached hydrogen (secondary N) is 1. The van der Waals surface area contributed by atoms with Gasteiger partial charge in [-0.1, -0.05) is 6.07 Å². The van der Waals surface area contributed by atoms with Crippen LogP contribution in [-0.2, 0) is 9.53 Å². The molecule has 0 aliphatic carbocycles. The highest BCUT2D eigenvalue weighted by Gasteiger charge is 2.10. The molecule has 106 valence electrons. The van der Waals surface area contributed by atoms with Crippen LogP contribution in [0.25, 0.3) is 0 Å². The standard InChI is InChI=1S/C14H21NO4/c1-3-19-14(18)5-4-8-15-10(2)12-7-6-11(16)9-13(12)17/h6-7,9-10,15-17H,3-5,8H2,1-2H3. The molecule has 0 aliphatic heterocycles. The first-order chi connectivity index (χ1) is 9.04. The van der Waals surface area contributed by atoms with Crippen LogP contribution in [-0.4, -0.2) is 29.3 Å². The second kappa shape index (κ2) is 7.63. The van der Waals surface area contributed by atoms with Gasteiger partial charge in [-0.25, -0.2) is 0 Å². The number of hydrogen-bond donors (Lipinski definition) is 3. The van der Waals surface area contributed by atoms with Gasteiger partial charge in [-0.2, -0.15) is 0 Å². The largest absolute Gasteiger partial charge is 0.508 e. The summed E-state index contributed by atoms with van der Waals surface area (Å²) in [4.78, 5) is 11.1. The number of hydrogen-bond acceptors (Lipinski definition) is 5. The second-order valence-corrected chi connectivity index (χ2v) is 4.33. The summed E-state index contributed by atoms with van der Waals surface area (Å²) in [7, 11) is 0. The summed E-state index contributed by atoms with van der Waals surface area (Å²) in [5.74, 6) is -0.0920. The van der Waals surface area contributed by atoms with E-state index in [9.17, 15) is 15.0 Å². The molecule has 0 spiro atoms. The van der Waals surface area contributed by atoms with Crippen molar-refractivity contribution in [2.24, 2.45) is 0 Å². The van der Waals surface area contributed by atoms with E-state index in [1.807, 2.05) is 6.92 Å². The zero-order chi connectivity index (χ0) is 14.3. The predicted molar refractivity (Wildman–Crippen MR) is 72.1 cm³/mol. The Kier molecular flexibility index (Phi) is 6.15. The van der Waals surface area contributed by atoms with Crippen LogP contribution in [0, 0.1) is 0 Å². The average molecular weight is 267 g/mol. The zero-order valence-electron chi connectivity index (χ0n) is 11.3. The van der Waals surface area contributed by atoms with Crippen molar-refractivity contribution in [2.75, 3.05) is 13.2 Å². The lowest BCUT2D eigenvalue weighted by atomic mass is 10.1. The molecule has 3 N–H and O–H groups in total. The van der Waals surface area contributed by atoms with E-state index < -0.39 is 0 Å². The molecular weight excluding hydrogens is 246 g/mol. The lowest BCUT2D eigenvalue weighted by Crippen LogP contribution is -2.20. The SMILES string of the molecule is CCOC(=O)CCCNC(C)c1ccc(O)cc1O. The maximum atomic E-state index is 11.1. The fraction of sp³-hybridized carbons (Fsp3) is 0.500. The molecule has 0 bridgehead atoms. The molecule has 0 radical (unpaired) electrons. The maximum absolute atomic E-state index is 11.1. The molecule has 0 fully saturated rings. The van der Waals surface area contributed by atoms with Crippen LogP contribution in [0.4, 0.5) is 0 Å². The quantitative estimate of drug-likeness (QED) is 0.521. The average Bonchev–Trinajstić information content (AvgIpc) is 2.34. The number of rotatable bonds is 7. The lowest BCUT2D eigenvalue weighted by Gasteiger charge is -2.15. The first-order valence-corrected chi connectivity index (χ1v) is 6.45. The highest BCUT2D eigenvalue weighted by molar-refractivity contribution is 5.69. The molecule has 1 atom stereocenters. The summed E-state index contributed by atoms with van der Waals surface area (Å²) in [5.41, 5.74) is 0.717. The Morgan fingerprint density at radius 3 is 2.79 bits per heavy atom. The molecule has 5 heteroatoms. The third kappa shape index (κ3) is 5.18. The molecule has 0 saturated heterocycles. The van der Waals surface area contributed by atoms with Gasteiger partial charge in [-0.15, -0.1) is 0 Å². The van der Waals surface area contributed by atoms with Gasteiger partial charge in [0.25, 0.3) is 0 Å². The molecule has 1 rings (SSSR count). The number of phenols is 2. The maximum Gasteiger partial charge on any atom is 0.305 e. The van der Waals surface area contributed by atoms with Gasteiger partial charge in [0, 0.05) is 24.1 Å². The Morgan fingerprint density at radius 1 is 1.42 bits per heavy atom. The molecule has 0 saturated carbocycles. The van der Waals surface area contributed by atoms with Gasteiger partial charge in [0.2, 0.25) is 0 Å². The van der Waals surface area contributed by atoms with Gasteiger partial charge < -0.3 is 20.3 Å². The minimum atomic E-state index is -0.190. The van der Waals surface area contributed by atoms with Crippen LogP contribution >= 0.6 is 0 Å². The van der Waals surface area contributed by atoms with Crippen molar-refractivity contribution >= 4 is 5.97 Å². The minimum absolute atomic E-state index is 0.0377. The summed E-state index contributed by atoms with van der Waals surface area (Å²) in [6.07, 6.45) is 1.07. The normalized spacial score (nSPS) is 12.1. The molecule has 0 amide bonds. The van der Waals surface area contributed by atoms with E-state index in [2.05, 4.69) is 5.32 Å².